The summed E-state index contributed by atoms with van der Waals surface area (Å²) in [5.41, 5.74) is 1.45. The van der Waals surface area contributed by atoms with Crippen molar-refractivity contribution in [2.24, 2.45) is 0 Å². The maximum absolute atomic E-state index is 12.0. The van der Waals surface area contributed by atoms with Gasteiger partial charge in [0, 0.05) is 25.9 Å². The second kappa shape index (κ2) is 9.86. The molecule has 26 heavy (non-hydrogen) atoms. The predicted molar refractivity (Wildman–Crippen MR) is 99.5 cm³/mol. The van der Waals surface area contributed by atoms with Crippen molar-refractivity contribution in [1.29, 1.82) is 0 Å². The molecule has 2 aromatic heterocycles. The van der Waals surface area contributed by atoms with Gasteiger partial charge >= 0.3 is 5.97 Å². The lowest BCUT2D eigenvalue weighted by molar-refractivity contribution is -0.147. The summed E-state index contributed by atoms with van der Waals surface area (Å²) in [5.74, 6) is -0.254. The van der Waals surface area contributed by atoms with Crippen LogP contribution in [0.2, 0.25) is 0 Å². The van der Waals surface area contributed by atoms with Crippen LogP contribution in [0, 0.1) is 0 Å². The molecule has 2 rings (SSSR count). The number of hydrogen-bond acceptors (Lipinski definition) is 7. The van der Waals surface area contributed by atoms with E-state index in [0.29, 0.717) is 23.8 Å². The van der Waals surface area contributed by atoms with Gasteiger partial charge in [0.2, 0.25) is 5.91 Å². The van der Waals surface area contributed by atoms with Crippen molar-refractivity contribution in [1.82, 2.24) is 19.9 Å². The molecule has 0 aliphatic heterocycles. The number of rotatable bonds is 8. The number of aromatic nitrogens is 3. The summed E-state index contributed by atoms with van der Waals surface area (Å²) in [4.78, 5) is 37.9. The zero-order valence-corrected chi connectivity index (χ0v) is 15.9. The number of pyridine rings is 1. The third kappa shape index (κ3) is 6.11. The third-order valence-electron chi connectivity index (χ3n) is 3.47. The molecule has 0 N–H and O–H groups in total. The highest BCUT2D eigenvalue weighted by Crippen LogP contribution is 2.18. The summed E-state index contributed by atoms with van der Waals surface area (Å²) < 4.78 is 5.33. The predicted octanol–water partition coefficient (Wildman–Crippen LogP) is 2.43. The van der Waals surface area contributed by atoms with Crippen LogP contribution in [0.25, 0.3) is 11.4 Å². The number of ether oxygens (including phenoxy) is 1. The molecule has 0 bridgehead atoms. The fraction of sp³-hybridized carbons (Fsp3) is 0.389. The lowest BCUT2D eigenvalue weighted by atomic mass is 10.3. The summed E-state index contributed by atoms with van der Waals surface area (Å²) in [6.07, 6.45) is 3.39. The second-order valence-electron chi connectivity index (χ2n) is 5.66. The molecule has 1 amide bonds. The van der Waals surface area contributed by atoms with E-state index in [1.807, 2.05) is 18.2 Å². The van der Waals surface area contributed by atoms with Crippen LogP contribution in [0.4, 0.5) is 0 Å². The quantitative estimate of drug-likeness (QED) is 0.398. The molecule has 0 saturated heterocycles. The Kier molecular flexibility index (Phi) is 7.53. The largest absolute Gasteiger partial charge is 0.460 e. The van der Waals surface area contributed by atoms with E-state index >= 15 is 0 Å². The molecule has 7 nitrogen and oxygen atoms in total. The van der Waals surface area contributed by atoms with E-state index in [1.165, 1.54) is 11.8 Å². The van der Waals surface area contributed by atoms with E-state index in [4.69, 9.17) is 4.74 Å². The van der Waals surface area contributed by atoms with E-state index < -0.39 is 0 Å². The van der Waals surface area contributed by atoms with Crippen LogP contribution in [0.5, 0.6) is 0 Å². The van der Waals surface area contributed by atoms with Crippen LogP contribution in [0.3, 0.4) is 0 Å². The summed E-state index contributed by atoms with van der Waals surface area (Å²) in [6, 6.07) is 7.35. The van der Waals surface area contributed by atoms with Gasteiger partial charge in [0.15, 0.2) is 5.16 Å². The summed E-state index contributed by atoms with van der Waals surface area (Å²) >= 11 is 1.20. The molecule has 2 heterocycles. The first-order chi connectivity index (χ1) is 12.5. The van der Waals surface area contributed by atoms with Gasteiger partial charge in [0.25, 0.3) is 0 Å². The van der Waals surface area contributed by atoms with E-state index in [9.17, 15) is 9.59 Å². The van der Waals surface area contributed by atoms with Crippen molar-refractivity contribution < 1.29 is 14.3 Å². The Labute approximate surface area is 157 Å². The fourth-order valence-corrected chi connectivity index (χ4v) is 2.86. The average Bonchev–Trinajstić information content (AvgIpc) is 2.66. The number of likely N-dealkylation sites (N-methyl/N-ethyl adjacent to an activating group) is 1. The highest BCUT2D eigenvalue weighted by Gasteiger charge is 2.15. The highest BCUT2D eigenvalue weighted by atomic mass is 32.2. The first-order valence-electron chi connectivity index (χ1n) is 8.30. The van der Waals surface area contributed by atoms with Crippen LogP contribution >= 0.6 is 11.8 Å². The van der Waals surface area contributed by atoms with Crippen LogP contribution < -0.4 is 0 Å². The minimum absolute atomic E-state index is 0.0158. The molecule has 0 aromatic carbocycles. The average molecular weight is 374 g/mol. The Bertz CT molecular complexity index is 742. The van der Waals surface area contributed by atoms with Gasteiger partial charge in [-0.15, -0.1) is 0 Å². The summed E-state index contributed by atoms with van der Waals surface area (Å²) in [7, 11) is 1.70. The van der Waals surface area contributed by atoms with E-state index in [2.05, 4.69) is 15.0 Å². The Morgan fingerprint density at radius 2 is 2.00 bits per heavy atom. The first-order valence-corrected chi connectivity index (χ1v) is 9.28. The molecular formula is C18H22N4O3S. The van der Waals surface area contributed by atoms with Crippen molar-refractivity contribution in [3.63, 3.8) is 0 Å². The second-order valence-corrected chi connectivity index (χ2v) is 6.60. The Hall–Kier alpha value is -2.48. The normalized spacial score (nSPS) is 11.7. The van der Waals surface area contributed by atoms with Gasteiger partial charge < -0.3 is 9.64 Å². The maximum atomic E-state index is 12.0. The Balaban J connectivity index is 1.85. The highest BCUT2D eigenvalue weighted by molar-refractivity contribution is 7.99. The molecule has 0 aliphatic rings. The van der Waals surface area contributed by atoms with Crippen molar-refractivity contribution >= 4 is 23.6 Å². The fourth-order valence-electron chi connectivity index (χ4n) is 2.24. The molecule has 0 saturated carbocycles. The molecule has 138 valence electrons. The maximum Gasteiger partial charge on any atom is 0.316 e. The van der Waals surface area contributed by atoms with Gasteiger partial charge in [-0.3, -0.25) is 14.6 Å². The number of hydrogen-bond donors (Lipinski definition) is 0. The summed E-state index contributed by atoms with van der Waals surface area (Å²) in [6.45, 7) is 3.93. The lowest BCUT2D eigenvalue weighted by Gasteiger charge is -2.21. The van der Waals surface area contributed by atoms with Crippen molar-refractivity contribution in [2.75, 3.05) is 19.3 Å². The summed E-state index contributed by atoms with van der Waals surface area (Å²) in [5, 5.41) is 0.482. The first kappa shape index (κ1) is 19.8. The molecular weight excluding hydrogens is 352 g/mol. The van der Waals surface area contributed by atoms with Crippen molar-refractivity contribution in [3.05, 3.63) is 36.7 Å². The molecule has 0 radical (unpaired) electrons. The van der Waals surface area contributed by atoms with Crippen LogP contribution in [0.15, 0.2) is 41.8 Å². The number of esters is 1. The zero-order valence-electron chi connectivity index (χ0n) is 15.1. The molecule has 2 aromatic rings. The van der Waals surface area contributed by atoms with Gasteiger partial charge in [0.1, 0.15) is 6.10 Å². The molecule has 8 heteroatoms. The van der Waals surface area contributed by atoms with Gasteiger partial charge in [-0.05, 0) is 25.1 Å². The van der Waals surface area contributed by atoms with Crippen LogP contribution in [-0.4, -0.2) is 57.2 Å². The topological polar surface area (TPSA) is 85.3 Å². The van der Waals surface area contributed by atoms with Gasteiger partial charge in [0.05, 0.1) is 23.7 Å². The molecule has 0 aliphatic carbocycles. The monoisotopic (exact) mass is 374 g/mol. The number of thioether (sulfide) groups is 1. The van der Waals surface area contributed by atoms with Gasteiger partial charge in [-0.1, -0.05) is 24.8 Å². The van der Waals surface area contributed by atoms with E-state index in [0.717, 1.165) is 5.69 Å². The van der Waals surface area contributed by atoms with Crippen LogP contribution in [0.1, 0.15) is 20.3 Å². The van der Waals surface area contributed by atoms with Crippen molar-refractivity contribution in [3.8, 4) is 11.4 Å². The number of carbonyl (C=O) groups excluding carboxylic acids is 2. The minimum Gasteiger partial charge on any atom is -0.460 e. The SMILES string of the molecule is CCC(=O)N(C)CC(C)OC(=O)CSc1nccc(-c2ccccn2)n1. The minimum atomic E-state index is -0.371. The van der Waals surface area contributed by atoms with E-state index in [1.54, 1.807) is 44.3 Å². The number of amides is 1. The molecule has 0 fully saturated rings. The van der Waals surface area contributed by atoms with Gasteiger partial charge in [-0.2, -0.15) is 0 Å². The van der Waals surface area contributed by atoms with E-state index in [-0.39, 0.29) is 23.7 Å². The van der Waals surface area contributed by atoms with Gasteiger partial charge in [-0.25, -0.2) is 9.97 Å². The van der Waals surface area contributed by atoms with Crippen molar-refractivity contribution in [2.45, 2.75) is 31.5 Å². The number of carbonyl (C=O) groups is 2. The third-order valence-corrected chi connectivity index (χ3v) is 4.31. The zero-order chi connectivity index (χ0) is 18.9. The lowest BCUT2D eigenvalue weighted by Crippen LogP contribution is -2.35. The smallest absolute Gasteiger partial charge is 0.316 e. The molecule has 1 unspecified atom stereocenters. The molecule has 0 spiro atoms. The number of nitrogens with zero attached hydrogens (tertiary/aromatic N) is 4. The van der Waals surface area contributed by atoms with Crippen LogP contribution in [-0.2, 0) is 14.3 Å². The standard InChI is InChI=1S/C18H22N4O3S/c1-4-16(23)22(3)11-13(2)25-17(24)12-26-18-20-10-8-15(21-18)14-7-5-6-9-19-14/h5-10,13H,4,11-12H2,1-3H3. The Morgan fingerprint density at radius 1 is 1.19 bits per heavy atom. The Morgan fingerprint density at radius 3 is 2.69 bits per heavy atom. The molecule has 1 atom stereocenters.